The average Bonchev–Trinajstić information content (AvgIpc) is 2.74. The Kier molecular flexibility index (Phi) is 6.89. The number of nitrogens with zero attached hydrogens (tertiary/aromatic N) is 2. The van der Waals surface area contributed by atoms with Crippen LogP contribution in [0.1, 0.15) is 42.5 Å². The fourth-order valence-electron chi connectivity index (χ4n) is 3.77. The summed E-state index contributed by atoms with van der Waals surface area (Å²) in [5, 5.41) is 2.46. The van der Waals surface area contributed by atoms with E-state index in [2.05, 4.69) is 10.3 Å². The molecule has 0 radical (unpaired) electrons. The summed E-state index contributed by atoms with van der Waals surface area (Å²) in [6.45, 7) is 3.81. The Labute approximate surface area is 187 Å². The van der Waals surface area contributed by atoms with Crippen LogP contribution in [-0.2, 0) is 15.8 Å². The number of pyridine rings is 1. The molecule has 176 valence electrons. The average molecular weight is 464 g/mol. The molecule has 0 aliphatic carbocycles. The van der Waals surface area contributed by atoms with Crippen molar-refractivity contribution in [2.45, 2.75) is 38.9 Å². The number of nitrogens with two attached hydrogens (primary N) is 1. The molecule has 0 spiro atoms. The smallest absolute Gasteiger partial charge is 0.391 e. The number of rotatable bonds is 3. The fraction of sp³-hybridized carbons (Fsp3) is 0.364. The first-order chi connectivity index (χ1) is 15.5. The molecule has 0 saturated carbocycles. The molecule has 3 N–H and O–H groups in total. The van der Waals surface area contributed by atoms with E-state index < -0.39 is 35.7 Å². The van der Waals surface area contributed by atoms with Gasteiger partial charge in [0.25, 0.3) is 0 Å². The van der Waals surface area contributed by atoms with Gasteiger partial charge in [0.1, 0.15) is 0 Å². The van der Waals surface area contributed by atoms with Crippen LogP contribution in [0.5, 0.6) is 5.88 Å². The number of amides is 3. The summed E-state index contributed by atoms with van der Waals surface area (Å²) >= 11 is 0. The van der Waals surface area contributed by atoms with Crippen LogP contribution in [0.3, 0.4) is 0 Å². The number of ether oxygens (including phenoxy) is 1. The van der Waals surface area contributed by atoms with Gasteiger partial charge in [0, 0.05) is 12.1 Å². The molecular weight excluding hydrogens is 441 g/mol. The minimum Gasteiger partial charge on any atom is -0.391 e. The van der Waals surface area contributed by atoms with Crippen molar-refractivity contribution in [3.05, 3.63) is 53.2 Å². The molecule has 1 fully saturated rings. The van der Waals surface area contributed by atoms with Gasteiger partial charge in [-0.15, -0.1) is 0 Å². The summed E-state index contributed by atoms with van der Waals surface area (Å²) in [6, 6.07) is 5.56. The van der Waals surface area contributed by atoms with E-state index in [-0.39, 0.29) is 17.5 Å². The van der Waals surface area contributed by atoms with Gasteiger partial charge in [0.2, 0.25) is 5.88 Å². The normalized spacial score (nSPS) is 18.5. The molecule has 1 aromatic heterocycles. The molecule has 1 aliphatic rings. The summed E-state index contributed by atoms with van der Waals surface area (Å²) in [7, 11) is 0. The van der Waals surface area contributed by atoms with E-state index in [9.17, 15) is 27.6 Å². The number of aromatic nitrogens is 1. The van der Waals surface area contributed by atoms with Crippen LogP contribution >= 0.6 is 0 Å². The number of benzene rings is 1. The predicted octanol–water partition coefficient (Wildman–Crippen LogP) is 3.80. The minimum atomic E-state index is -4.46. The molecule has 2 aromatic rings. The first kappa shape index (κ1) is 24.0. The van der Waals surface area contributed by atoms with Crippen LogP contribution in [0.15, 0.2) is 36.5 Å². The van der Waals surface area contributed by atoms with Crippen molar-refractivity contribution in [2.24, 2.45) is 11.7 Å². The molecule has 3 amide bonds. The number of likely N-dealkylation sites (tertiary alicyclic amines) is 1. The Morgan fingerprint density at radius 2 is 1.85 bits per heavy atom. The number of anilines is 1. The topological polar surface area (TPSA) is 115 Å². The first-order valence-electron chi connectivity index (χ1n) is 10.2. The summed E-state index contributed by atoms with van der Waals surface area (Å²) in [4.78, 5) is 41.8. The largest absolute Gasteiger partial charge is 0.416 e. The van der Waals surface area contributed by atoms with Crippen molar-refractivity contribution in [3.8, 4) is 5.88 Å². The minimum absolute atomic E-state index is 0.0287. The maximum atomic E-state index is 13.0. The lowest BCUT2D eigenvalue weighted by Gasteiger charge is -2.38. The van der Waals surface area contributed by atoms with Crippen LogP contribution in [0, 0.1) is 12.8 Å². The number of piperidine rings is 1. The molecule has 1 aliphatic heterocycles. The standard InChI is InChI=1S/C22H23F3N4O4/c1-12-3-8-17(14-4-6-15(7-5-14)22(23,24)25)29(11-12)20(31)18(30)28-16-9-13(2)19(27-10-16)33-21(26)32/h4-7,9-10,12,17H,3,8,11H2,1-2H3,(H2,26,32)(H,28,30). The number of alkyl halides is 3. The third kappa shape index (κ3) is 5.79. The molecule has 8 nitrogen and oxygen atoms in total. The van der Waals surface area contributed by atoms with Crippen LogP contribution in [-0.4, -0.2) is 34.3 Å². The Bertz CT molecular complexity index is 1060. The SMILES string of the molecule is Cc1cc(NC(=O)C(=O)N2CC(C)CCC2c2ccc(C(F)(F)F)cc2)cnc1OC(N)=O. The zero-order valence-electron chi connectivity index (χ0n) is 18.0. The van der Waals surface area contributed by atoms with E-state index >= 15 is 0 Å². The monoisotopic (exact) mass is 464 g/mol. The lowest BCUT2D eigenvalue weighted by Crippen LogP contribution is -2.46. The second-order valence-corrected chi connectivity index (χ2v) is 8.00. The second kappa shape index (κ2) is 9.47. The molecule has 1 aromatic carbocycles. The molecule has 1 saturated heterocycles. The van der Waals surface area contributed by atoms with E-state index in [0.29, 0.717) is 24.1 Å². The van der Waals surface area contributed by atoms with Gasteiger partial charge < -0.3 is 20.7 Å². The quantitative estimate of drug-likeness (QED) is 0.671. The highest BCUT2D eigenvalue weighted by atomic mass is 19.4. The third-order valence-corrected chi connectivity index (χ3v) is 5.38. The van der Waals surface area contributed by atoms with Crippen molar-refractivity contribution < 1.29 is 32.3 Å². The van der Waals surface area contributed by atoms with Crippen molar-refractivity contribution in [2.75, 3.05) is 11.9 Å². The molecule has 33 heavy (non-hydrogen) atoms. The number of carbonyl (C=O) groups excluding carboxylic acids is 3. The van der Waals surface area contributed by atoms with Crippen molar-refractivity contribution in [1.29, 1.82) is 0 Å². The molecule has 2 atom stereocenters. The lowest BCUT2D eigenvalue weighted by molar-refractivity contribution is -0.146. The lowest BCUT2D eigenvalue weighted by atomic mass is 9.89. The molecule has 11 heteroatoms. The van der Waals surface area contributed by atoms with Gasteiger partial charge in [-0.05, 0) is 49.4 Å². The van der Waals surface area contributed by atoms with Crippen LogP contribution in [0.4, 0.5) is 23.7 Å². The van der Waals surface area contributed by atoms with E-state index in [0.717, 1.165) is 18.6 Å². The number of halogens is 3. The maximum Gasteiger partial charge on any atom is 0.416 e. The predicted molar refractivity (Wildman–Crippen MR) is 112 cm³/mol. The third-order valence-electron chi connectivity index (χ3n) is 5.38. The number of carbonyl (C=O) groups is 3. The summed E-state index contributed by atoms with van der Waals surface area (Å²) in [6.07, 6.45) is -3.00. The molecule has 2 heterocycles. The van der Waals surface area contributed by atoms with Gasteiger partial charge in [-0.2, -0.15) is 13.2 Å². The Morgan fingerprint density at radius 3 is 2.42 bits per heavy atom. The van der Waals surface area contributed by atoms with E-state index in [1.807, 2.05) is 6.92 Å². The highest BCUT2D eigenvalue weighted by Gasteiger charge is 2.35. The number of hydrogen-bond donors (Lipinski definition) is 2. The molecule has 3 rings (SSSR count). The van der Waals surface area contributed by atoms with Gasteiger partial charge in [0.05, 0.1) is 23.5 Å². The van der Waals surface area contributed by atoms with Crippen LogP contribution in [0.25, 0.3) is 0 Å². The van der Waals surface area contributed by atoms with Crippen molar-refractivity contribution >= 4 is 23.6 Å². The molecule has 2 unspecified atom stereocenters. The number of aryl methyl sites for hydroxylation is 1. The zero-order chi connectivity index (χ0) is 24.3. The Balaban J connectivity index is 1.77. The van der Waals surface area contributed by atoms with Crippen molar-refractivity contribution in [1.82, 2.24) is 9.88 Å². The van der Waals surface area contributed by atoms with Gasteiger partial charge in [-0.1, -0.05) is 19.1 Å². The Morgan fingerprint density at radius 1 is 1.18 bits per heavy atom. The zero-order valence-corrected chi connectivity index (χ0v) is 18.0. The highest BCUT2D eigenvalue weighted by Crippen LogP contribution is 2.35. The summed E-state index contributed by atoms with van der Waals surface area (Å²) in [5.74, 6) is -1.62. The summed E-state index contributed by atoms with van der Waals surface area (Å²) in [5.41, 5.74) is 5.33. The van der Waals surface area contributed by atoms with Gasteiger partial charge >= 0.3 is 24.1 Å². The van der Waals surface area contributed by atoms with Crippen molar-refractivity contribution in [3.63, 3.8) is 0 Å². The number of hydrogen-bond acceptors (Lipinski definition) is 5. The van der Waals surface area contributed by atoms with Crippen LogP contribution < -0.4 is 15.8 Å². The highest BCUT2D eigenvalue weighted by molar-refractivity contribution is 6.39. The van der Waals surface area contributed by atoms with E-state index in [1.165, 1.54) is 29.3 Å². The van der Waals surface area contributed by atoms with Gasteiger partial charge in [-0.3, -0.25) is 9.59 Å². The maximum absolute atomic E-state index is 13.0. The molecule has 0 bridgehead atoms. The first-order valence-corrected chi connectivity index (χ1v) is 10.2. The number of nitrogens with one attached hydrogen (secondary N) is 1. The Hall–Kier alpha value is -3.63. The van der Waals surface area contributed by atoms with E-state index in [4.69, 9.17) is 10.5 Å². The second-order valence-electron chi connectivity index (χ2n) is 8.00. The molecular formula is C22H23F3N4O4. The number of primary amides is 1. The fourth-order valence-corrected chi connectivity index (χ4v) is 3.77. The van der Waals surface area contributed by atoms with E-state index in [1.54, 1.807) is 6.92 Å². The van der Waals surface area contributed by atoms with Gasteiger partial charge in [-0.25, -0.2) is 9.78 Å². The van der Waals surface area contributed by atoms with Gasteiger partial charge in [0.15, 0.2) is 0 Å². The summed E-state index contributed by atoms with van der Waals surface area (Å²) < 4.78 is 43.4. The van der Waals surface area contributed by atoms with Crippen LogP contribution in [0.2, 0.25) is 0 Å².